The van der Waals surface area contributed by atoms with Gasteiger partial charge in [-0.05, 0) is 56.0 Å². The molecule has 0 amide bonds. The molecule has 1 saturated carbocycles. The molecule has 0 unspecified atom stereocenters. The zero-order chi connectivity index (χ0) is 25.2. The van der Waals surface area contributed by atoms with Crippen LogP contribution in [0, 0.1) is 12.7 Å². The van der Waals surface area contributed by atoms with Crippen molar-refractivity contribution in [2.75, 3.05) is 6.54 Å². The van der Waals surface area contributed by atoms with Crippen molar-refractivity contribution in [3.63, 3.8) is 0 Å². The largest absolute Gasteiger partial charge is 0.326 e. The molecule has 11 heteroatoms. The molecule has 1 aliphatic carbocycles. The van der Waals surface area contributed by atoms with Gasteiger partial charge in [0, 0.05) is 55.1 Å². The number of aliphatic imine (C=N–C) groups is 1. The summed E-state index contributed by atoms with van der Waals surface area (Å²) in [4.78, 5) is 11.8. The maximum atomic E-state index is 14.0. The van der Waals surface area contributed by atoms with Crippen LogP contribution in [-0.4, -0.2) is 51.3 Å². The van der Waals surface area contributed by atoms with E-state index in [1.54, 1.807) is 23.9 Å². The number of aryl methyl sites for hydroxylation is 2. The van der Waals surface area contributed by atoms with Gasteiger partial charge < -0.3 is 4.90 Å². The molecular formula is C25H27FN6O2S2. The van der Waals surface area contributed by atoms with Crippen LogP contribution in [0.3, 0.4) is 0 Å². The SMILES string of the molecule is Cc1cc(F)ccc1[C@@H]1N=C(c2nccs2)N2C[C@@H](NS(=O)(=O)C3(C)CC3)CC2=C1c1ccn(C)n1. The molecule has 2 aromatic heterocycles. The quantitative estimate of drug-likeness (QED) is 0.528. The summed E-state index contributed by atoms with van der Waals surface area (Å²) < 4.78 is 44.2. The molecule has 3 aliphatic rings. The van der Waals surface area contributed by atoms with Crippen molar-refractivity contribution >= 4 is 32.8 Å². The lowest BCUT2D eigenvalue weighted by Crippen LogP contribution is -2.43. The van der Waals surface area contributed by atoms with Gasteiger partial charge in [0.05, 0.1) is 10.4 Å². The average molecular weight is 527 g/mol. The van der Waals surface area contributed by atoms with Gasteiger partial charge in [-0.25, -0.2) is 22.5 Å². The predicted molar refractivity (Wildman–Crippen MR) is 137 cm³/mol. The summed E-state index contributed by atoms with van der Waals surface area (Å²) in [6.07, 6.45) is 5.48. The van der Waals surface area contributed by atoms with Crippen LogP contribution >= 0.6 is 11.3 Å². The molecule has 4 heterocycles. The Morgan fingerprint density at radius 3 is 2.69 bits per heavy atom. The first-order chi connectivity index (χ1) is 17.1. The highest BCUT2D eigenvalue weighted by Gasteiger charge is 2.51. The minimum absolute atomic E-state index is 0.297. The molecular weight excluding hydrogens is 499 g/mol. The first-order valence-corrected chi connectivity index (χ1v) is 14.3. The van der Waals surface area contributed by atoms with E-state index in [4.69, 9.17) is 10.1 Å². The summed E-state index contributed by atoms with van der Waals surface area (Å²) in [5.74, 6) is 0.404. The topological polar surface area (TPSA) is 92.5 Å². The maximum Gasteiger partial charge on any atom is 0.217 e. The molecule has 8 nitrogen and oxygen atoms in total. The number of rotatable bonds is 6. The monoisotopic (exact) mass is 526 g/mol. The molecule has 1 N–H and O–H groups in total. The lowest BCUT2D eigenvalue weighted by molar-refractivity contribution is 0.512. The zero-order valence-electron chi connectivity index (χ0n) is 20.3. The van der Waals surface area contributed by atoms with Gasteiger partial charge in [0.25, 0.3) is 0 Å². The van der Waals surface area contributed by atoms with Crippen molar-refractivity contribution in [1.29, 1.82) is 0 Å². The van der Waals surface area contributed by atoms with E-state index in [0.29, 0.717) is 31.6 Å². The third-order valence-electron chi connectivity index (χ3n) is 7.32. The number of fused-ring (bicyclic) bond motifs is 1. The van der Waals surface area contributed by atoms with Gasteiger partial charge in [-0.1, -0.05) is 6.07 Å². The number of nitrogens with zero attached hydrogens (tertiary/aromatic N) is 5. The van der Waals surface area contributed by atoms with Crippen molar-refractivity contribution in [2.45, 2.75) is 49.9 Å². The molecule has 2 atom stereocenters. The van der Waals surface area contributed by atoms with Gasteiger partial charge in [0.15, 0.2) is 10.8 Å². The Labute approximate surface area is 213 Å². The Morgan fingerprint density at radius 2 is 2.06 bits per heavy atom. The first-order valence-electron chi connectivity index (χ1n) is 11.9. The molecule has 36 heavy (non-hydrogen) atoms. The highest BCUT2D eigenvalue weighted by molar-refractivity contribution is 7.91. The third-order valence-corrected chi connectivity index (χ3v) is 10.4. The van der Waals surface area contributed by atoms with Crippen LogP contribution in [0.5, 0.6) is 0 Å². The number of amidine groups is 1. The Bertz CT molecular complexity index is 1500. The van der Waals surface area contributed by atoms with E-state index in [9.17, 15) is 12.8 Å². The molecule has 2 fully saturated rings. The Morgan fingerprint density at radius 1 is 1.25 bits per heavy atom. The van der Waals surface area contributed by atoms with Crippen molar-refractivity contribution in [2.24, 2.45) is 12.0 Å². The van der Waals surface area contributed by atoms with Crippen LogP contribution in [0.1, 0.15) is 54.1 Å². The fourth-order valence-electron chi connectivity index (χ4n) is 5.03. The summed E-state index contributed by atoms with van der Waals surface area (Å²) in [6.45, 7) is 4.13. The van der Waals surface area contributed by atoms with Gasteiger partial charge in [-0.15, -0.1) is 11.3 Å². The third kappa shape index (κ3) is 3.89. The molecule has 188 valence electrons. The highest BCUT2D eigenvalue weighted by atomic mass is 32.2. The summed E-state index contributed by atoms with van der Waals surface area (Å²) in [6, 6.07) is 5.96. The molecule has 0 bridgehead atoms. The number of benzene rings is 1. The number of nitrogens with one attached hydrogen (secondary N) is 1. The van der Waals surface area contributed by atoms with Crippen LogP contribution in [0.4, 0.5) is 4.39 Å². The molecule has 0 spiro atoms. The number of hydrogen-bond acceptors (Lipinski definition) is 7. The van der Waals surface area contributed by atoms with Crippen molar-refractivity contribution < 1.29 is 12.8 Å². The number of hydrogen-bond donors (Lipinski definition) is 1. The molecule has 1 aromatic carbocycles. The fourth-order valence-corrected chi connectivity index (χ4v) is 7.19. The minimum atomic E-state index is -3.45. The van der Waals surface area contributed by atoms with E-state index < -0.39 is 20.8 Å². The second-order valence-electron chi connectivity index (χ2n) is 10.0. The standard InChI is InChI=1S/C25H27FN6O2S2/c1-15-12-16(26)4-5-18(15)22-21(19-6-10-31(3)29-19)20-13-17(30-36(33,34)25(2)7-8-25)14-32(20)23(28-22)24-27-9-11-35-24/h4-6,9-12,17,22,30H,7-8,13-14H2,1-3H3/t17-,22-/m0/s1. The van der Waals surface area contributed by atoms with Crippen LogP contribution in [0.25, 0.3) is 5.57 Å². The lowest BCUT2D eigenvalue weighted by Gasteiger charge is -2.32. The first kappa shape index (κ1) is 23.5. The van der Waals surface area contributed by atoms with Crippen molar-refractivity contribution in [3.8, 4) is 0 Å². The average Bonchev–Trinajstić information content (AvgIpc) is 3.20. The smallest absolute Gasteiger partial charge is 0.217 e. The van der Waals surface area contributed by atoms with Crippen LogP contribution < -0.4 is 4.72 Å². The molecule has 1 saturated heterocycles. The molecule has 6 rings (SSSR count). The summed E-state index contributed by atoms with van der Waals surface area (Å²) in [5, 5.41) is 7.35. The van der Waals surface area contributed by atoms with Gasteiger partial charge in [-0.3, -0.25) is 9.67 Å². The minimum Gasteiger partial charge on any atom is -0.326 e. The van der Waals surface area contributed by atoms with Crippen LogP contribution in [0.2, 0.25) is 0 Å². The van der Waals surface area contributed by atoms with E-state index in [1.165, 1.54) is 23.5 Å². The molecule has 0 radical (unpaired) electrons. The second kappa shape index (κ2) is 8.32. The summed E-state index contributed by atoms with van der Waals surface area (Å²) in [7, 11) is -1.59. The molecule has 2 aliphatic heterocycles. The Hall–Kier alpha value is -2.89. The van der Waals surface area contributed by atoms with E-state index in [0.717, 1.165) is 33.1 Å². The zero-order valence-corrected chi connectivity index (χ0v) is 21.9. The molecule has 3 aromatic rings. The van der Waals surface area contributed by atoms with E-state index in [1.807, 2.05) is 31.6 Å². The van der Waals surface area contributed by atoms with Gasteiger partial charge in [0.1, 0.15) is 11.9 Å². The van der Waals surface area contributed by atoms with E-state index >= 15 is 0 Å². The lowest BCUT2D eigenvalue weighted by atomic mass is 9.90. The fraction of sp³-hybridized carbons (Fsp3) is 0.400. The van der Waals surface area contributed by atoms with Crippen LogP contribution in [0.15, 0.2) is 52.7 Å². The van der Waals surface area contributed by atoms with Crippen LogP contribution in [-0.2, 0) is 17.1 Å². The van der Waals surface area contributed by atoms with Gasteiger partial charge in [-0.2, -0.15) is 5.10 Å². The number of sulfonamides is 1. The number of halogens is 1. The summed E-state index contributed by atoms with van der Waals surface area (Å²) in [5.41, 5.74) is 4.32. The van der Waals surface area contributed by atoms with Crippen molar-refractivity contribution in [1.82, 2.24) is 24.4 Å². The number of thiazole rings is 1. The maximum absolute atomic E-state index is 14.0. The normalized spacial score (nSPS) is 23.1. The second-order valence-corrected chi connectivity index (χ2v) is 13.1. The van der Waals surface area contributed by atoms with Gasteiger partial charge >= 0.3 is 0 Å². The van der Waals surface area contributed by atoms with Gasteiger partial charge in [0.2, 0.25) is 10.0 Å². The van der Waals surface area contributed by atoms with E-state index in [2.05, 4.69) is 14.6 Å². The Kier molecular flexibility index (Phi) is 5.43. The van der Waals surface area contributed by atoms with Crippen molar-refractivity contribution in [3.05, 3.63) is 75.4 Å². The Balaban J connectivity index is 1.50. The van der Waals surface area contributed by atoms with E-state index in [-0.39, 0.29) is 11.9 Å². The predicted octanol–water partition coefficient (Wildman–Crippen LogP) is 3.78. The summed E-state index contributed by atoms with van der Waals surface area (Å²) >= 11 is 1.49. The highest BCUT2D eigenvalue weighted by Crippen LogP contribution is 2.46. The number of aromatic nitrogens is 3.